The van der Waals surface area contributed by atoms with Crippen LogP contribution in [0.2, 0.25) is 0 Å². The monoisotopic (exact) mass is 388 g/mol. The number of benzene rings is 1. The van der Waals surface area contributed by atoms with E-state index in [4.69, 9.17) is 0 Å². The largest absolute Gasteiger partial charge is 0.341 e. The molecule has 0 radical (unpaired) electrons. The summed E-state index contributed by atoms with van der Waals surface area (Å²) in [5.41, 5.74) is 0.376. The molecular formula is C14H14F2N4O5S. The summed E-state index contributed by atoms with van der Waals surface area (Å²) in [6, 6.07) is 4.23. The van der Waals surface area contributed by atoms with Crippen molar-refractivity contribution in [1.29, 1.82) is 0 Å². The Morgan fingerprint density at radius 2 is 1.88 bits per heavy atom. The Labute approximate surface area is 146 Å². The number of rotatable bonds is 6. The summed E-state index contributed by atoms with van der Waals surface area (Å²) >= 11 is 0. The van der Waals surface area contributed by atoms with Crippen molar-refractivity contribution in [2.75, 3.05) is 5.32 Å². The zero-order chi connectivity index (χ0) is 19.6. The van der Waals surface area contributed by atoms with E-state index in [1.807, 2.05) is 0 Å². The molecule has 1 heterocycles. The van der Waals surface area contributed by atoms with E-state index >= 15 is 0 Å². The Kier molecular flexibility index (Phi) is 5.35. The number of anilines is 1. The van der Waals surface area contributed by atoms with Gasteiger partial charge in [-0.2, -0.15) is 13.9 Å². The van der Waals surface area contributed by atoms with E-state index in [9.17, 15) is 32.1 Å². The fourth-order valence-corrected chi connectivity index (χ4v) is 2.99. The fourth-order valence-electron chi connectivity index (χ4n) is 2.27. The van der Waals surface area contributed by atoms with Crippen LogP contribution < -0.4 is 5.32 Å². The summed E-state index contributed by atoms with van der Waals surface area (Å²) in [5, 5.41) is 17.3. The molecule has 1 aromatic carbocycles. The lowest BCUT2D eigenvalue weighted by molar-refractivity contribution is -0.386. The maximum absolute atomic E-state index is 12.5. The van der Waals surface area contributed by atoms with Gasteiger partial charge in [-0.25, -0.2) is 8.42 Å². The third kappa shape index (κ3) is 3.85. The van der Waals surface area contributed by atoms with E-state index in [1.165, 1.54) is 18.5 Å². The molecule has 0 bridgehead atoms. The van der Waals surface area contributed by atoms with Crippen molar-refractivity contribution in [3.63, 3.8) is 0 Å². The summed E-state index contributed by atoms with van der Waals surface area (Å²) in [6.07, 6.45) is 0. The van der Waals surface area contributed by atoms with E-state index < -0.39 is 31.3 Å². The van der Waals surface area contributed by atoms with Crippen molar-refractivity contribution in [2.45, 2.75) is 31.0 Å². The molecule has 1 amide bonds. The Balaban J connectivity index is 2.12. The standard InChI is InChI=1S/C14H14F2N4O5S/c1-8-13(20(22)23)9(2)19(18-8)7-12(21)17-10-3-5-11(6-4-10)26(24,25)14(15)16/h3-6,14H,7H2,1-2H3,(H,17,21). The number of nitro groups is 1. The van der Waals surface area contributed by atoms with Crippen molar-refractivity contribution in [2.24, 2.45) is 0 Å². The van der Waals surface area contributed by atoms with Crippen LogP contribution in [0.1, 0.15) is 11.4 Å². The van der Waals surface area contributed by atoms with Crippen LogP contribution in [0.3, 0.4) is 0 Å². The van der Waals surface area contributed by atoms with Crippen LogP contribution >= 0.6 is 0 Å². The van der Waals surface area contributed by atoms with Gasteiger partial charge in [0.1, 0.15) is 17.9 Å². The number of nitrogens with one attached hydrogen (secondary N) is 1. The first kappa shape index (κ1) is 19.4. The second-order valence-corrected chi connectivity index (χ2v) is 7.23. The Hall–Kier alpha value is -2.89. The van der Waals surface area contributed by atoms with Crippen LogP contribution in [-0.2, 0) is 21.2 Å². The number of halogens is 2. The maximum atomic E-state index is 12.5. The van der Waals surface area contributed by atoms with Gasteiger partial charge < -0.3 is 5.32 Å². The third-order valence-corrected chi connectivity index (χ3v) is 4.92. The van der Waals surface area contributed by atoms with Crippen LogP contribution in [0.4, 0.5) is 20.2 Å². The minimum absolute atomic E-state index is 0.168. The first-order chi connectivity index (χ1) is 12.0. The minimum Gasteiger partial charge on any atom is -0.324 e. The first-order valence-electron chi connectivity index (χ1n) is 7.14. The first-order valence-corrected chi connectivity index (χ1v) is 8.69. The molecule has 0 unspecified atom stereocenters. The van der Waals surface area contributed by atoms with Crippen molar-refractivity contribution < 1.29 is 26.9 Å². The number of carbonyl (C=O) groups excluding carboxylic acids is 1. The van der Waals surface area contributed by atoms with Gasteiger partial charge >= 0.3 is 11.4 Å². The number of nitrogens with zero attached hydrogens (tertiary/aromatic N) is 3. The van der Waals surface area contributed by atoms with Crippen LogP contribution in [0, 0.1) is 24.0 Å². The number of hydrogen-bond acceptors (Lipinski definition) is 6. The lowest BCUT2D eigenvalue weighted by Gasteiger charge is -2.08. The molecular weight excluding hydrogens is 374 g/mol. The van der Waals surface area contributed by atoms with Gasteiger partial charge in [0, 0.05) is 5.69 Å². The van der Waals surface area contributed by atoms with E-state index in [-0.39, 0.29) is 29.3 Å². The van der Waals surface area contributed by atoms with E-state index in [1.54, 1.807) is 0 Å². The fraction of sp³-hybridized carbons (Fsp3) is 0.286. The highest BCUT2D eigenvalue weighted by Gasteiger charge is 2.26. The second kappa shape index (κ2) is 7.15. The number of amides is 1. The molecule has 1 aromatic heterocycles. The SMILES string of the molecule is Cc1nn(CC(=O)Nc2ccc(S(=O)(=O)C(F)F)cc2)c(C)c1[N+](=O)[O-]. The van der Waals surface area contributed by atoms with E-state index in [0.29, 0.717) is 0 Å². The molecule has 0 saturated heterocycles. The molecule has 0 aliphatic carbocycles. The molecule has 9 nitrogen and oxygen atoms in total. The van der Waals surface area contributed by atoms with Crippen molar-refractivity contribution in [3.8, 4) is 0 Å². The number of aromatic nitrogens is 2. The minimum atomic E-state index is -4.71. The van der Waals surface area contributed by atoms with Crippen molar-refractivity contribution in [1.82, 2.24) is 9.78 Å². The lowest BCUT2D eigenvalue weighted by Crippen LogP contribution is -2.20. The van der Waals surface area contributed by atoms with Gasteiger partial charge in [-0.05, 0) is 38.1 Å². The van der Waals surface area contributed by atoms with Crippen molar-refractivity contribution in [3.05, 3.63) is 45.8 Å². The Morgan fingerprint density at radius 1 is 1.31 bits per heavy atom. The number of aryl methyl sites for hydroxylation is 1. The summed E-state index contributed by atoms with van der Waals surface area (Å²) in [7, 11) is -4.71. The maximum Gasteiger partial charge on any atom is 0.341 e. The predicted molar refractivity (Wildman–Crippen MR) is 86.6 cm³/mol. The van der Waals surface area contributed by atoms with Gasteiger partial charge in [0.25, 0.3) is 0 Å². The third-order valence-electron chi connectivity index (χ3n) is 3.52. The number of alkyl halides is 2. The highest BCUT2D eigenvalue weighted by Crippen LogP contribution is 2.22. The molecule has 140 valence electrons. The Bertz CT molecular complexity index is 954. The van der Waals surface area contributed by atoms with Crippen LogP contribution in [-0.4, -0.2) is 34.8 Å². The molecule has 0 aliphatic heterocycles. The number of carbonyl (C=O) groups is 1. The summed E-state index contributed by atoms with van der Waals surface area (Å²) in [5.74, 6) is -4.11. The normalized spacial score (nSPS) is 11.6. The van der Waals surface area contributed by atoms with Gasteiger partial charge in [-0.1, -0.05) is 0 Å². The van der Waals surface area contributed by atoms with Gasteiger partial charge in [0.15, 0.2) is 0 Å². The quantitative estimate of drug-likeness (QED) is 0.596. The highest BCUT2D eigenvalue weighted by molar-refractivity contribution is 7.91. The Morgan fingerprint density at radius 3 is 2.35 bits per heavy atom. The molecule has 0 aliphatic rings. The van der Waals surface area contributed by atoms with Gasteiger partial charge in [0.05, 0.1) is 9.82 Å². The van der Waals surface area contributed by atoms with E-state index in [0.717, 1.165) is 24.3 Å². The van der Waals surface area contributed by atoms with Gasteiger partial charge in [-0.15, -0.1) is 0 Å². The average Bonchev–Trinajstić information content (AvgIpc) is 2.81. The average molecular weight is 388 g/mol. The highest BCUT2D eigenvalue weighted by atomic mass is 32.2. The summed E-state index contributed by atoms with van der Waals surface area (Å²) in [6.45, 7) is 2.59. The summed E-state index contributed by atoms with van der Waals surface area (Å²) < 4.78 is 48.8. The molecule has 0 spiro atoms. The predicted octanol–water partition coefficient (Wildman–Crippen LogP) is 2.04. The molecule has 12 heteroatoms. The molecule has 2 aromatic rings. The van der Waals surface area contributed by atoms with Crippen molar-refractivity contribution >= 4 is 27.1 Å². The number of sulfone groups is 1. The van der Waals surface area contributed by atoms with Gasteiger partial charge in [0.2, 0.25) is 15.7 Å². The van der Waals surface area contributed by atoms with Gasteiger partial charge in [-0.3, -0.25) is 19.6 Å². The molecule has 0 saturated carbocycles. The lowest BCUT2D eigenvalue weighted by atomic mass is 10.3. The zero-order valence-electron chi connectivity index (χ0n) is 13.6. The summed E-state index contributed by atoms with van der Waals surface area (Å²) in [4.78, 5) is 21.8. The van der Waals surface area contributed by atoms with Crippen LogP contribution in [0.5, 0.6) is 0 Å². The zero-order valence-corrected chi connectivity index (χ0v) is 14.5. The number of hydrogen-bond donors (Lipinski definition) is 1. The van der Waals surface area contributed by atoms with Crippen LogP contribution in [0.25, 0.3) is 0 Å². The van der Waals surface area contributed by atoms with E-state index in [2.05, 4.69) is 10.4 Å². The second-order valence-electron chi connectivity index (χ2n) is 5.31. The smallest absolute Gasteiger partial charge is 0.324 e. The van der Waals surface area contributed by atoms with Crippen LogP contribution in [0.15, 0.2) is 29.2 Å². The molecule has 0 fully saturated rings. The molecule has 0 atom stereocenters. The molecule has 1 N–H and O–H groups in total. The molecule has 2 rings (SSSR count). The molecule has 26 heavy (non-hydrogen) atoms. The topological polar surface area (TPSA) is 124 Å².